The van der Waals surface area contributed by atoms with Crippen molar-refractivity contribution in [3.63, 3.8) is 0 Å². The molecule has 100 valence electrons. The Balaban J connectivity index is 1.85. The normalized spacial score (nSPS) is 26.7. The van der Waals surface area contributed by atoms with Crippen LogP contribution in [0, 0.1) is 5.41 Å². The summed E-state index contributed by atoms with van der Waals surface area (Å²) in [5.41, 5.74) is -0.179. The van der Waals surface area contributed by atoms with Crippen LogP contribution in [0.25, 0.3) is 0 Å². The van der Waals surface area contributed by atoms with Crippen molar-refractivity contribution in [2.24, 2.45) is 5.41 Å². The fraction of sp³-hybridized carbons (Fsp3) is 0.714. The number of allylic oxidation sites excluding steroid dienone is 2. The number of nitrogens with one attached hydrogen (secondary N) is 1. The summed E-state index contributed by atoms with van der Waals surface area (Å²) >= 11 is 0. The number of Topliss-reactive ketones (excluding diaryl/α,β-unsaturated/α-hetero) is 1. The molecule has 0 saturated heterocycles. The number of rotatable bonds is 5. The molecule has 1 saturated carbocycles. The average molecular weight is 251 g/mol. The number of carbonyl (C=O) groups is 2. The molecule has 0 spiro atoms. The van der Waals surface area contributed by atoms with Crippen molar-refractivity contribution in [1.29, 1.82) is 0 Å². The number of hydrogen-bond acceptors (Lipinski definition) is 3. The molecule has 1 unspecified atom stereocenters. The highest BCUT2D eigenvalue weighted by Gasteiger charge is 2.34. The molecule has 2 aliphatic carbocycles. The van der Waals surface area contributed by atoms with Crippen molar-refractivity contribution in [2.45, 2.75) is 51.5 Å². The molecule has 1 amide bonds. The summed E-state index contributed by atoms with van der Waals surface area (Å²) in [7, 11) is 0. The molecule has 0 radical (unpaired) electrons. The molecule has 4 heteroatoms. The second-order valence-electron chi connectivity index (χ2n) is 5.59. The molecule has 0 heterocycles. The molecule has 2 aliphatic rings. The first-order valence-corrected chi connectivity index (χ1v) is 6.67. The van der Waals surface area contributed by atoms with E-state index < -0.39 is 0 Å². The van der Waals surface area contributed by atoms with Gasteiger partial charge in [-0.3, -0.25) is 0 Å². The van der Waals surface area contributed by atoms with E-state index >= 15 is 0 Å². The van der Waals surface area contributed by atoms with E-state index in [1.807, 2.05) is 0 Å². The van der Waals surface area contributed by atoms with Gasteiger partial charge in [0.2, 0.25) is 0 Å². The second kappa shape index (κ2) is 5.55. The standard InChI is InChI=1S/C14H21NO3/c1-11(16)9-14(7-3-2-4-8-14)10-18-13(17)15-12-5-6-12/h2-3,12H,4-10H2,1H3,(H,15,17). The first kappa shape index (κ1) is 13.1. The van der Waals surface area contributed by atoms with Gasteiger partial charge in [-0.2, -0.15) is 0 Å². The molecule has 2 rings (SSSR count). The smallest absolute Gasteiger partial charge is 0.407 e. The summed E-state index contributed by atoms with van der Waals surface area (Å²) in [5.74, 6) is 0.163. The van der Waals surface area contributed by atoms with E-state index in [1.165, 1.54) is 0 Å². The Morgan fingerprint density at radius 2 is 2.17 bits per heavy atom. The highest BCUT2D eigenvalue weighted by atomic mass is 16.5. The van der Waals surface area contributed by atoms with E-state index in [9.17, 15) is 9.59 Å². The molecule has 0 bridgehead atoms. The predicted octanol–water partition coefficient (Wildman–Crippen LogP) is 2.58. The Labute approximate surface area is 108 Å². The lowest BCUT2D eigenvalue weighted by atomic mass is 9.74. The molecule has 4 nitrogen and oxygen atoms in total. The van der Waals surface area contributed by atoms with Gasteiger partial charge in [-0.05, 0) is 39.0 Å². The zero-order chi connectivity index (χ0) is 13.0. The van der Waals surface area contributed by atoms with Gasteiger partial charge in [0, 0.05) is 17.9 Å². The summed E-state index contributed by atoms with van der Waals surface area (Å²) < 4.78 is 5.30. The molecule has 1 N–H and O–H groups in total. The minimum Gasteiger partial charge on any atom is -0.449 e. The van der Waals surface area contributed by atoms with Crippen LogP contribution < -0.4 is 5.32 Å². The predicted molar refractivity (Wildman–Crippen MR) is 68.2 cm³/mol. The first-order chi connectivity index (χ1) is 8.60. The van der Waals surface area contributed by atoms with Crippen molar-refractivity contribution in [3.05, 3.63) is 12.2 Å². The quantitative estimate of drug-likeness (QED) is 0.764. The van der Waals surface area contributed by atoms with E-state index in [0.29, 0.717) is 19.1 Å². The van der Waals surface area contributed by atoms with Crippen LogP contribution in [0.4, 0.5) is 4.79 Å². The number of alkyl carbamates (subject to hydrolysis) is 1. The van der Waals surface area contributed by atoms with E-state index in [1.54, 1.807) is 6.92 Å². The van der Waals surface area contributed by atoms with Crippen molar-refractivity contribution in [1.82, 2.24) is 5.32 Å². The van der Waals surface area contributed by atoms with E-state index in [-0.39, 0.29) is 17.3 Å². The minimum atomic E-state index is -0.338. The Morgan fingerprint density at radius 3 is 2.72 bits per heavy atom. The molecular weight excluding hydrogens is 230 g/mol. The molecular formula is C14H21NO3. The van der Waals surface area contributed by atoms with Crippen LogP contribution in [-0.4, -0.2) is 24.5 Å². The number of amides is 1. The lowest BCUT2D eigenvalue weighted by Gasteiger charge is -2.33. The van der Waals surface area contributed by atoms with Gasteiger partial charge >= 0.3 is 6.09 Å². The number of ketones is 1. The third kappa shape index (κ3) is 3.86. The van der Waals surface area contributed by atoms with Crippen LogP contribution >= 0.6 is 0 Å². The van der Waals surface area contributed by atoms with Gasteiger partial charge in [0.05, 0.1) is 6.61 Å². The zero-order valence-electron chi connectivity index (χ0n) is 10.9. The van der Waals surface area contributed by atoms with Gasteiger partial charge in [-0.15, -0.1) is 0 Å². The fourth-order valence-corrected chi connectivity index (χ4v) is 2.47. The van der Waals surface area contributed by atoms with Crippen molar-refractivity contribution in [2.75, 3.05) is 6.61 Å². The summed E-state index contributed by atoms with van der Waals surface area (Å²) in [4.78, 5) is 22.9. The SMILES string of the molecule is CC(=O)CC1(COC(=O)NC2CC2)CC=CCC1. The number of carbonyl (C=O) groups excluding carboxylic acids is 2. The van der Waals surface area contributed by atoms with Gasteiger partial charge in [-0.25, -0.2) is 4.79 Å². The average Bonchev–Trinajstić information content (AvgIpc) is 3.11. The summed E-state index contributed by atoms with van der Waals surface area (Å²) in [6.45, 7) is 1.94. The Hall–Kier alpha value is -1.32. The van der Waals surface area contributed by atoms with Crippen LogP contribution in [0.3, 0.4) is 0 Å². The van der Waals surface area contributed by atoms with Gasteiger partial charge < -0.3 is 14.8 Å². The van der Waals surface area contributed by atoms with Gasteiger partial charge in [0.15, 0.2) is 0 Å². The van der Waals surface area contributed by atoms with Crippen molar-refractivity contribution < 1.29 is 14.3 Å². The van der Waals surface area contributed by atoms with Crippen LogP contribution in [0.15, 0.2) is 12.2 Å². The first-order valence-electron chi connectivity index (χ1n) is 6.67. The van der Waals surface area contributed by atoms with Crippen LogP contribution in [0.2, 0.25) is 0 Å². The largest absolute Gasteiger partial charge is 0.449 e. The maximum Gasteiger partial charge on any atom is 0.407 e. The van der Waals surface area contributed by atoms with Crippen LogP contribution in [-0.2, 0) is 9.53 Å². The molecule has 0 aliphatic heterocycles. The molecule has 0 aromatic rings. The van der Waals surface area contributed by atoms with Crippen molar-refractivity contribution in [3.8, 4) is 0 Å². The highest BCUT2D eigenvalue weighted by Crippen LogP contribution is 2.36. The Kier molecular flexibility index (Phi) is 4.04. The van der Waals surface area contributed by atoms with Crippen LogP contribution in [0.5, 0.6) is 0 Å². The summed E-state index contributed by atoms with van der Waals surface area (Å²) in [6.07, 6.45) is 9.18. The van der Waals surface area contributed by atoms with Gasteiger partial charge in [0.25, 0.3) is 0 Å². The second-order valence-corrected chi connectivity index (χ2v) is 5.59. The third-order valence-electron chi connectivity index (χ3n) is 3.59. The van der Waals surface area contributed by atoms with Crippen LogP contribution in [0.1, 0.15) is 45.4 Å². The van der Waals surface area contributed by atoms with E-state index in [4.69, 9.17) is 4.74 Å². The summed E-state index contributed by atoms with van der Waals surface area (Å²) in [5, 5.41) is 2.80. The number of hydrogen-bond donors (Lipinski definition) is 1. The fourth-order valence-electron chi connectivity index (χ4n) is 2.47. The molecule has 0 aromatic heterocycles. The zero-order valence-corrected chi connectivity index (χ0v) is 10.9. The Morgan fingerprint density at radius 1 is 1.39 bits per heavy atom. The Bertz CT molecular complexity index is 360. The maximum atomic E-state index is 11.5. The van der Waals surface area contributed by atoms with E-state index in [0.717, 1.165) is 32.1 Å². The lowest BCUT2D eigenvalue weighted by Crippen LogP contribution is -2.35. The summed E-state index contributed by atoms with van der Waals surface area (Å²) in [6, 6.07) is 0.313. The third-order valence-corrected chi connectivity index (χ3v) is 3.59. The van der Waals surface area contributed by atoms with Gasteiger partial charge in [-0.1, -0.05) is 12.2 Å². The minimum absolute atomic E-state index is 0.163. The van der Waals surface area contributed by atoms with E-state index in [2.05, 4.69) is 17.5 Å². The molecule has 1 atom stereocenters. The van der Waals surface area contributed by atoms with Crippen molar-refractivity contribution >= 4 is 11.9 Å². The molecule has 1 fully saturated rings. The maximum absolute atomic E-state index is 11.5. The topological polar surface area (TPSA) is 55.4 Å². The molecule has 18 heavy (non-hydrogen) atoms. The highest BCUT2D eigenvalue weighted by molar-refractivity contribution is 5.76. The molecule has 0 aromatic carbocycles. The lowest BCUT2D eigenvalue weighted by molar-refractivity contribution is -0.120. The monoisotopic (exact) mass is 251 g/mol. The van der Waals surface area contributed by atoms with Gasteiger partial charge in [0.1, 0.15) is 5.78 Å². The number of ether oxygens (including phenoxy) is 1.